The molecule has 1 rings (SSSR count). The van der Waals surface area contributed by atoms with Gasteiger partial charge in [-0.2, -0.15) is 0 Å². The van der Waals surface area contributed by atoms with Gasteiger partial charge in [-0.25, -0.2) is 4.21 Å². The highest BCUT2D eigenvalue weighted by molar-refractivity contribution is 7.98. The zero-order chi connectivity index (χ0) is 8.27. The molecule has 0 fully saturated rings. The first-order valence-electron chi connectivity index (χ1n) is 2.99. The number of hydrogen-bond acceptors (Lipinski definition) is 2. The summed E-state index contributed by atoms with van der Waals surface area (Å²) in [4.78, 5) is 1.46. The van der Waals surface area contributed by atoms with E-state index in [4.69, 9.17) is 4.55 Å². The van der Waals surface area contributed by atoms with Crippen LogP contribution in [-0.2, 0) is 11.1 Å². The third-order valence-electron chi connectivity index (χ3n) is 1.24. The Labute approximate surface area is 72.3 Å². The summed E-state index contributed by atoms with van der Waals surface area (Å²) < 4.78 is 19.3. The molecule has 0 heterocycles. The van der Waals surface area contributed by atoms with Crippen molar-refractivity contribution >= 4 is 22.8 Å². The molecule has 0 bridgehead atoms. The van der Waals surface area contributed by atoms with Crippen LogP contribution in [0.3, 0.4) is 0 Å². The Bertz CT molecular complexity index is 273. The third-order valence-corrected chi connectivity index (χ3v) is 2.63. The van der Waals surface area contributed by atoms with E-state index in [0.717, 1.165) is 4.90 Å². The van der Waals surface area contributed by atoms with Gasteiger partial charge < -0.3 is 4.55 Å². The average Bonchev–Trinajstić information content (AvgIpc) is 2.05. The van der Waals surface area contributed by atoms with Crippen molar-refractivity contribution in [3.63, 3.8) is 0 Å². The fraction of sp³-hybridized carbons (Fsp3) is 0.143. The molecule has 0 saturated carbocycles. The van der Waals surface area contributed by atoms with Crippen LogP contribution >= 0.6 is 11.8 Å². The van der Waals surface area contributed by atoms with Crippen LogP contribution in [0.5, 0.6) is 0 Å². The summed E-state index contributed by atoms with van der Waals surface area (Å²) in [7, 11) is 0. The van der Waals surface area contributed by atoms with Crippen LogP contribution in [0.1, 0.15) is 0 Å². The highest BCUT2D eigenvalue weighted by atomic mass is 32.2. The Morgan fingerprint density at radius 3 is 2.82 bits per heavy atom. The molecule has 0 aliphatic carbocycles. The number of thioether (sulfide) groups is 1. The van der Waals surface area contributed by atoms with Gasteiger partial charge >= 0.3 is 0 Å². The summed E-state index contributed by atoms with van der Waals surface area (Å²) in [6.07, 6.45) is 1.93. The molecule has 0 saturated heterocycles. The molecule has 0 spiro atoms. The molecule has 2 nitrogen and oxygen atoms in total. The van der Waals surface area contributed by atoms with Gasteiger partial charge in [0.2, 0.25) is 0 Å². The van der Waals surface area contributed by atoms with Crippen LogP contribution in [0.15, 0.2) is 34.1 Å². The smallest absolute Gasteiger partial charge is 0.186 e. The second-order valence-electron chi connectivity index (χ2n) is 1.93. The van der Waals surface area contributed by atoms with E-state index in [1.54, 1.807) is 30.0 Å². The zero-order valence-corrected chi connectivity index (χ0v) is 7.61. The van der Waals surface area contributed by atoms with Crippen LogP contribution in [-0.4, -0.2) is 15.0 Å². The first kappa shape index (κ1) is 8.77. The Morgan fingerprint density at radius 1 is 1.55 bits per heavy atom. The Kier molecular flexibility index (Phi) is 3.11. The van der Waals surface area contributed by atoms with E-state index in [1.165, 1.54) is 0 Å². The van der Waals surface area contributed by atoms with E-state index in [1.807, 2.05) is 12.3 Å². The molecule has 11 heavy (non-hydrogen) atoms. The van der Waals surface area contributed by atoms with Crippen molar-refractivity contribution in [2.75, 3.05) is 6.26 Å². The topological polar surface area (TPSA) is 37.3 Å². The molecule has 1 aromatic carbocycles. The Balaban J connectivity index is 3.01. The summed E-state index contributed by atoms with van der Waals surface area (Å²) in [5.74, 6) is 0. The van der Waals surface area contributed by atoms with Gasteiger partial charge in [0, 0.05) is 4.90 Å². The normalized spacial score (nSPS) is 12.9. The van der Waals surface area contributed by atoms with E-state index in [9.17, 15) is 4.21 Å². The molecule has 0 aliphatic rings. The number of hydrogen-bond donors (Lipinski definition) is 1. The Hall–Kier alpha value is -0.320. The van der Waals surface area contributed by atoms with Gasteiger partial charge in [-0.3, -0.25) is 0 Å². The minimum absolute atomic E-state index is 0.455. The van der Waals surface area contributed by atoms with Crippen LogP contribution < -0.4 is 0 Å². The van der Waals surface area contributed by atoms with Crippen molar-refractivity contribution < 1.29 is 8.76 Å². The number of benzene rings is 1. The molecule has 0 aromatic heterocycles. The van der Waals surface area contributed by atoms with Crippen LogP contribution in [0.2, 0.25) is 0 Å². The van der Waals surface area contributed by atoms with E-state index in [0.29, 0.717) is 4.90 Å². The molecular weight excluding hydrogens is 180 g/mol. The van der Waals surface area contributed by atoms with E-state index in [2.05, 4.69) is 0 Å². The summed E-state index contributed by atoms with van der Waals surface area (Å²) >= 11 is -0.299. The molecule has 1 atom stereocenters. The van der Waals surface area contributed by atoms with Crippen molar-refractivity contribution in [3.8, 4) is 0 Å². The maximum atomic E-state index is 10.6. The van der Waals surface area contributed by atoms with Gasteiger partial charge in [-0.1, -0.05) is 6.07 Å². The minimum atomic E-state index is -1.85. The van der Waals surface area contributed by atoms with Gasteiger partial charge in [0.15, 0.2) is 11.1 Å². The molecule has 4 heteroatoms. The highest BCUT2D eigenvalue weighted by Gasteiger charge is 1.98. The van der Waals surface area contributed by atoms with Gasteiger partial charge in [-0.05, 0) is 24.5 Å². The number of rotatable bonds is 2. The molecular formula is C7H8O2S2. The fourth-order valence-electron chi connectivity index (χ4n) is 0.710. The molecule has 1 unspecified atom stereocenters. The first-order valence-corrected chi connectivity index (χ1v) is 5.32. The standard InChI is InChI=1S/C7H8O2S2/c1-10-6-3-2-4-7(5-6)11(8)9/h2-5H,1H3,(H,8,9). The highest BCUT2D eigenvalue weighted by Crippen LogP contribution is 2.16. The van der Waals surface area contributed by atoms with Gasteiger partial charge in [-0.15, -0.1) is 11.8 Å². The molecule has 0 radical (unpaired) electrons. The maximum absolute atomic E-state index is 10.6. The van der Waals surface area contributed by atoms with Gasteiger partial charge in [0.1, 0.15) is 0 Å². The zero-order valence-electron chi connectivity index (χ0n) is 5.98. The van der Waals surface area contributed by atoms with Gasteiger partial charge in [0.05, 0.1) is 4.90 Å². The second-order valence-corrected chi connectivity index (χ2v) is 3.78. The minimum Gasteiger partial charge on any atom is -0.302 e. The Morgan fingerprint density at radius 2 is 2.27 bits per heavy atom. The predicted molar refractivity (Wildman–Crippen MR) is 47.3 cm³/mol. The van der Waals surface area contributed by atoms with E-state index < -0.39 is 11.1 Å². The van der Waals surface area contributed by atoms with Crippen molar-refractivity contribution in [2.45, 2.75) is 9.79 Å². The second kappa shape index (κ2) is 3.90. The quantitative estimate of drug-likeness (QED) is 0.569. The van der Waals surface area contributed by atoms with Crippen LogP contribution in [0, 0.1) is 0 Å². The summed E-state index contributed by atoms with van der Waals surface area (Å²) in [5.41, 5.74) is 0. The van der Waals surface area contributed by atoms with E-state index in [-0.39, 0.29) is 0 Å². The lowest BCUT2D eigenvalue weighted by Gasteiger charge is -1.97. The monoisotopic (exact) mass is 188 g/mol. The molecule has 60 valence electrons. The SMILES string of the molecule is CSc1cccc(S(=O)O)c1. The molecule has 1 N–H and O–H groups in total. The summed E-state index contributed by atoms with van der Waals surface area (Å²) in [5, 5.41) is 0. The van der Waals surface area contributed by atoms with Crippen molar-refractivity contribution in [3.05, 3.63) is 24.3 Å². The lowest BCUT2D eigenvalue weighted by atomic mass is 10.4. The molecule has 1 aromatic rings. The molecule has 0 amide bonds. The lowest BCUT2D eigenvalue weighted by molar-refractivity contribution is 0.564. The first-order chi connectivity index (χ1) is 5.24. The van der Waals surface area contributed by atoms with Crippen molar-refractivity contribution in [2.24, 2.45) is 0 Å². The maximum Gasteiger partial charge on any atom is 0.186 e. The average molecular weight is 188 g/mol. The fourth-order valence-corrected chi connectivity index (χ4v) is 1.67. The van der Waals surface area contributed by atoms with Crippen molar-refractivity contribution in [1.82, 2.24) is 0 Å². The lowest BCUT2D eigenvalue weighted by Crippen LogP contribution is -1.86. The summed E-state index contributed by atoms with van der Waals surface area (Å²) in [6.45, 7) is 0. The van der Waals surface area contributed by atoms with Gasteiger partial charge in [0.25, 0.3) is 0 Å². The van der Waals surface area contributed by atoms with E-state index >= 15 is 0 Å². The van der Waals surface area contributed by atoms with Crippen LogP contribution in [0.25, 0.3) is 0 Å². The van der Waals surface area contributed by atoms with Crippen LogP contribution in [0.4, 0.5) is 0 Å². The summed E-state index contributed by atoms with van der Waals surface area (Å²) in [6, 6.07) is 7.02. The van der Waals surface area contributed by atoms with Crippen molar-refractivity contribution in [1.29, 1.82) is 0 Å². The third kappa shape index (κ3) is 2.32. The molecule has 0 aliphatic heterocycles. The largest absolute Gasteiger partial charge is 0.302 e. The predicted octanol–water partition coefficient (Wildman–Crippen LogP) is 1.99.